The molecule has 21 heavy (non-hydrogen) atoms. The van der Waals surface area contributed by atoms with Gasteiger partial charge >= 0.3 is 5.97 Å². The Morgan fingerprint density at radius 1 is 1.24 bits per heavy atom. The quantitative estimate of drug-likeness (QED) is 0.730. The van der Waals surface area contributed by atoms with Gasteiger partial charge in [-0.2, -0.15) is 0 Å². The van der Waals surface area contributed by atoms with Gasteiger partial charge in [0, 0.05) is 13.0 Å². The summed E-state index contributed by atoms with van der Waals surface area (Å²) < 4.78 is 0. The highest BCUT2D eigenvalue weighted by atomic mass is 35.5. The first kappa shape index (κ1) is 17.5. The average Bonchev–Trinajstić information content (AvgIpc) is 2.45. The van der Waals surface area contributed by atoms with Crippen molar-refractivity contribution in [3.63, 3.8) is 0 Å². The second kappa shape index (κ2) is 9.40. The van der Waals surface area contributed by atoms with E-state index in [4.69, 9.17) is 16.7 Å². The fourth-order valence-electron chi connectivity index (χ4n) is 2.30. The van der Waals surface area contributed by atoms with Gasteiger partial charge in [0.2, 0.25) is 0 Å². The summed E-state index contributed by atoms with van der Waals surface area (Å²) in [4.78, 5) is 22.6. The van der Waals surface area contributed by atoms with E-state index in [2.05, 4.69) is 12.2 Å². The van der Waals surface area contributed by atoms with E-state index >= 15 is 0 Å². The zero-order chi connectivity index (χ0) is 15.7. The molecule has 0 aliphatic rings. The number of amides is 1. The number of aliphatic carboxylic acids is 1. The van der Waals surface area contributed by atoms with Gasteiger partial charge < -0.3 is 10.4 Å². The van der Waals surface area contributed by atoms with Crippen LogP contribution in [0.4, 0.5) is 0 Å². The molecule has 1 unspecified atom stereocenters. The van der Waals surface area contributed by atoms with Crippen LogP contribution in [0.15, 0.2) is 24.3 Å². The number of nitrogens with one attached hydrogen (secondary N) is 1. The van der Waals surface area contributed by atoms with Crippen LogP contribution in [-0.2, 0) is 4.79 Å². The maximum absolute atomic E-state index is 12.0. The SMILES string of the molecule is CCCC(CCNC(=O)c1ccccc1Cl)CCC(=O)O. The van der Waals surface area contributed by atoms with Crippen LogP contribution in [0.2, 0.25) is 5.02 Å². The summed E-state index contributed by atoms with van der Waals surface area (Å²) in [5.74, 6) is -0.622. The maximum Gasteiger partial charge on any atom is 0.303 e. The molecule has 0 saturated carbocycles. The smallest absolute Gasteiger partial charge is 0.303 e. The lowest BCUT2D eigenvalue weighted by Crippen LogP contribution is -2.26. The highest BCUT2D eigenvalue weighted by Crippen LogP contribution is 2.18. The number of benzene rings is 1. The molecule has 116 valence electrons. The molecule has 1 amide bonds. The Kier molecular flexibility index (Phi) is 7.83. The fourth-order valence-corrected chi connectivity index (χ4v) is 2.52. The number of hydrogen-bond donors (Lipinski definition) is 2. The molecular weight excluding hydrogens is 290 g/mol. The van der Waals surface area contributed by atoms with Gasteiger partial charge in [-0.05, 0) is 30.9 Å². The maximum atomic E-state index is 12.0. The average molecular weight is 312 g/mol. The van der Waals surface area contributed by atoms with Crippen molar-refractivity contribution in [2.24, 2.45) is 5.92 Å². The van der Waals surface area contributed by atoms with Crippen molar-refractivity contribution in [3.8, 4) is 0 Å². The summed E-state index contributed by atoms with van der Waals surface area (Å²) in [6.07, 6.45) is 3.63. The Balaban J connectivity index is 2.41. The summed E-state index contributed by atoms with van der Waals surface area (Å²) in [5.41, 5.74) is 0.469. The van der Waals surface area contributed by atoms with E-state index < -0.39 is 5.97 Å². The summed E-state index contributed by atoms with van der Waals surface area (Å²) in [6.45, 7) is 2.62. The molecule has 1 rings (SSSR count). The van der Waals surface area contributed by atoms with Crippen molar-refractivity contribution in [3.05, 3.63) is 34.9 Å². The molecule has 0 aromatic heterocycles. The van der Waals surface area contributed by atoms with Crippen LogP contribution >= 0.6 is 11.6 Å². The lowest BCUT2D eigenvalue weighted by atomic mass is 9.94. The van der Waals surface area contributed by atoms with Crippen LogP contribution in [-0.4, -0.2) is 23.5 Å². The molecule has 0 aliphatic carbocycles. The number of carbonyl (C=O) groups is 2. The first-order valence-corrected chi connectivity index (χ1v) is 7.67. The Bertz CT molecular complexity index is 476. The molecule has 0 aliphatic heterocycles. The van der Waals surface area contributed by atoms with Gasteiger partial charge in [0.1, 0.15) is 0 Å². The van der Waals surface area contributed by atoms with Crippen molar-refractivity contribution in [1.82, 2.24) is 5.32 Å². The lowest BCUT2D eigenvalue weighted by Gasteiger charge is -2.15. The van der Waals surface area contributed by atoms with Gasteiger partial charge in [0.05, 0.1) is 10.6 Å². The van der Waals surface area contributed by atoms with Crippen LogP contribution in [0.25, 0.3) is 0 Å². The van der Waals surface area contributed by atoms with Gasteiger partial charge in [0.25, 0.3) is 5.91 Å². The molecule has 0 fully saturated rings. The zero-order valence-corrected chi connectivity index (χ0v) is 13.0. The largest absolute Gasteiger partial charge is 0.481 e. The van der Waals surface area contributed by atoms with E-state index in [9.17, 15) is 9.59 Å². The molecule has 1 atom stereocenters. The standard InChI is InChI=1S/C16H22ClNO3/c1-2-5-12(8-9-15(19)20)10-11-18-16(21)13-6-3-4-7-14(13)17/h3-4,6-7,12H,2,5,8-11H2,1H3,(H,18,21)(H,19,20). The monoisotopic (exact) mass is 311 g/mol. The third kappa shape index (κ3) is 6.63. The van der Waals surface area contributed by atoms with E-state index in [-0.39, 0.29) is 12.3 Å². The third-order valence-electron chi connectivity index (χ3n) is 3.42. The van der Waals surface area contributed by atoms with Gasteiger partial charge in [0.15, 0.2) is 0 Å². The lowest BCUT2D eigenvalue weighted by molar-refractivity contribution is -0.137. The molecule has 0 bridgehead atoms. The summed E-state index contributed by atoms with van der Waals surface area (Å²) in [7, 11) is 0. The van der Waals surface area contributed by atoms with E-state index in [0.29, 0.717) is 29.5 Å². The van der Waals surface area contributed by atoms with Crippen LogP contribution in [0, 0.1) is 5.92 Å². The second-order valence-corrected chi connectivity index (χ2v) is 5.52. The molecule has 2 N–H and O–H groups in total. The summed E-state index contributed by atoms with van der Waals surface area (Å²) in [5, 5.41) is 12.0. The zero-order valence-electron chi connectivity index (χ0n) is 12.3. The second-order valence-electron chi connectivity index (χ2n) is 5.11. The van der Waals surface area contributed by atoms with E-state index in [0.717, 1.165) is 19.3 Å². The van der Waals surface area contributed by atoms with Crippen molar-refractivity contribution < 1.29 is 14.7 Å². The number of rotatable bonds is 9. The van der Waals surface area contributed by atoms with E-state index in [1.165, 1.54) is 0 Å². The molecule has 1 aromatic carbocycles. The van der Waals surface area contributed by atoms with Crippen LogP contribution in [0.5, 0.6) is 0 Å². The summed E-state index contributed by atoms with van der Waals surface area (Å²) in [6, 6.07) is 6.92. The molecule has 4 nitrogen and oxygen atoms in total. The highest BCUT2D eigenvalue weighted by Gasteiger charge is 2.12. The molecular formula is C16H22ClNO3. The van der Waals surface area contributed by atoms with Gasteiger partial charge in [-0.1, -0.05) is 43.5 Å². The van der Waals surface area contributed by atoms with Crippen molar-refractivity contribution in [2.75, 3.05) is 6.54 Å². The van der Waals surface area contributed by atoms with Crippen molar-refractivity contribution >= 4 is 23.5 Å². The Morgan fingerprint density at radius 2 is 1.95 bits per heavy atom. The molecule has 0 spiro atoms. The normalized spacial score (nSPS) is 11.9. The Labute approximate surface area is 130 Å². The predicted molar refractivity (Wildman–Crippen MR) is 83.7 cm³/mol. The Hall–Kier alpha value is -1.55. The number of carboxylic acids is 1. The molecule has 0 heterocycles. The number of hydrogen-bond acceptors (Lipinski definition) is 2. The minimum Gasteiger partial charge on any atom is -0.481 e. The van der Waals surface area contributed by atoms with E-state index in [1.54, 1.807) is 24.3 Å². The first-order valence-electron chi connectivity index (χ1n) is 7.29. The van der Waals surface area contributed by atoms with E-state index in [1.807, 2.05) is 0 Å². The first-order chi connectivity index (χ1) is 10.0. The van der Waals surface area contributed by atoms with Crippen molar-refractivity contribution in [2.45, 2.75) is 39.0 Å². The minimum atomic E-state index is -0.767. The van der Waals surface area contributed by atoms with Gasteiger partial charge in [-0.3, -0.25) is 9.59 Å². The molecule has 0 radical (unpaired) electrons. The van der Waals surface area contributed by atoms with Crippen LogP contribution in [0.1, 0.15) is 49.4 Å². The fraction of sp³-hybridized carbons (Fsp3) is 0.500. The summed E-state index contributed by atoms with van der Waals surface area (Å²) >= 11 is 5.97. The van der Waals surface area contributed by atoms with Crippen LogP contribution < -0.4 is 5.32 Å². The minimum absolute atomic E-state index is 0.184. The highest BCUT2D eigenvalue weighted by molar-refractivity contribution is 6.33. The predicted octanol–water partition coefficient (Wildman–Crippen LogP) is 3.74. The number of halogens is 1. The third-order valence-corrected chi connectivity index (χ3v) is 3.75. The molecule has 0 saturated heterocycles. The Morgan fingerprint density at radius 3 is 2.57 bits per heavy atom. The molecule has 5 heteroatoms. The van der Waals surface area contributed by atoms with Crippen molar-refractivity contribution in [1.29, 1.82) is 0 Å². The molecule has 1 aromatic rings. The number of carbonyl (C=O) groups excluding carboxylic acids is 1. The van der Waals surface area contributed by atoms with Crippen LogP contribution in [0.3, 0.4) is 0 Å². The van der Waals surface area contributed by atoms with Gasteiger partial charge in [-0.25, -0.2) is 0 Å². The number of carboxylic acid groups (broad SMARTS) is 1. The van der Waals surface area contributed by atoms with Gasteiger partial charge in [-0.15, -0.1) is 0 Å². The topological polar surface area (TPSA) is 66.4 Å².